The molecule has 0 saturated heterocycles. The second-order valence-electron chi connectivity index (χ2n) is 4.29. The maximum absolute atomic E-state index is 11.1. The zero-order valence-electron chi connectivity index (χ0n) is 10.2. The van der Waals surface area contributed by atoms with Crippen molar-refractivity contribution >= 4 is 16.6 Å². The highest BCUT2D eigenvalue weighted by molar-refractivity contribution is 5.83. The van der Waals surface area contributed by atoms with E-state index in [1.807, 2.05) is 12.1 Å². The zero-order valence-corrected chi connectivity index (χ0v) is 10.2. The van der Waals surface area contributed by atoms with Gasteiger partial charge in [-0.05, 0) is 35.4 Å². The quantitative estimate of drug-likeness (QED) is 0.570. The van der Waals surface area contributed by atoms with Crippen molar-refractivity contribution in [2.75, 3.05) is 0 Å². The summed E-state index contributed by atoms with van der Waals surface area (Å²) in [5.41, 5.74) is 2.14. The van der Waals surface area contributed by atoms with Crippen LogP contribution < -0.4 is 5.69 Å². The third kappa shape index (κ3) is 2.14. The minimum absolute atomic E-state index is 0.0561. The molecule has 20 heavy (non-hydrogen) atoms. The summed E-state index contributed by atoms with van der Waals surface area (Å²) >= 11 is 0. The number of aromatic nitrogens is 2. The van der Waals surface area contributed by atoms with E-state index in [1.54, 1.807) is 18.2 Å². The van der Waals surface area contributed by atoms with Gasteiger partial charge in [0, 0.05) is 23.7 Å². The summed E-state index contributed by atoms with van der Waals surface area (Å²) in [6, 6.07) is 11.8. The molecule has 0 fully saturated rings. The van der Waals surface area contributed by atoms with Gasteiger partial charge in [0.05, 0.1) is 10.4 Å². The van der Waals surface area contributed by atoms with Gasteiger partial charge < -0.3 is 4.98 Å². The van der Waals surface area contributed by atoms with Gasteiger partial charge in [-0.15, -0.1) is 0 Å². The van der Waals surface area contributed by atoms with Crippen molar-refractivity contribution < 1.29 is 4.92 Å². The molecule has 0 radical (unpaired) electrons. The van der Waals surface area contributed by atoms with Gasteiger partial charge in [0.25, 0.3) is 5.69 Å². The Morgan fingerprint density at radius 1 is 1.05 bits per heavy atom. The third-order valence-corrected chi connectivity index (χ3v) is 3.03. The number of nitro benzene ring substituents is 1. The molecule has 0 atom stereocenters. The first-order valence-corrected chi connectivity index (χ1v) is 5.87. The van der Waals surface area contributed by atoms with Crippen LogP contribution in [-0.4, -0.2) is 14.9 Å². The van der Waals surface area contributed by atoms with Crippen molar-refractivity contribution in [3.05, 3.63) is 69.3 Å². The Labute approximate surface area is 112 Å². The largest absolute Gasteiger partial charge is 0.345 e. The van der Waals surface area contributed by atoms with Crippen molar-refractivity contribution in [2.45, 2.75) is 0 Å². The minimum Gasteiger partial charge on any atom is -0.305 e. The van der Waals surface area contributed by atoms with E-state index in [9.17, 15) is 14.9 Å². The number of nitrogens with one attached hydrogen (secondary N) is 1. The number of rotatable bonds is 2. The fraction of sp³-hybridized carbons (Fsp3) is 0. The van der Waals surface area contributed by atoms with Crippen LogP contribution in [0.4, 0.5) is 5.69 Å². The SMILES string of the molecule is O=c1ncc2cc(-c3ccc([N+](=O)[O-])cc3)ccc2[nH]1. The Bertz CT molecular complexity index is 853. The summed E-state index contributed by atoms with van der Waals surface area (Å²) in [5.74, 6) is 0. The van der Waals surface area contributed by atoms with Crippen LogP contribution in [0.15, 0.2) is 53.5 Å². The Morgan fingerprint density at radius 2 is 1.75 bits per heavy atom. The molecule has 0 amide bonds. The van der Waals surface area contributed by atoms with Crippen molar-refractivity contribution in [1.29, 1.82) is 0 Å². The lowest BCUT2D eigenvalue weighted by Gasteiger charge is -2.03. The first kappa shape index (κ1) is 12.0. The molecule has 0 aliphatic heterocycles. The van der Waals surface area contributed by atoms with Crippen LogP contribution in [0.25, 0.3) is 22.0 Å². The summed E-state index contributed by atoms with van der Waals surface area (Å²) in [6.07, 6.45) is 1.50. The molecule has 0 unspecified atom stereocenters. The number of non-ortho nitro benzene ring substituents is 1. The minimum atomic E-state index is -0.432. The summed E-state index contributed by atoms with van der Waals surface area (Å²) in [6.45, 7) is 0. The van der Waals surface area contributed by atoms with Crippen molar-refractivity contribution in [1.82, 2.24) is 9.97 Å². The van der Waals surface area contributed by atoms with Crippen molar-refractivity contribution in [3.63, 3.8) is 0 Å². The molecule has 6 heteroatoms. The van der Waals surface area contributed by atoms with E-state index in [0.29, 0.717) is 5.52 Å². The number of nitro groups is 1. The summed E-state index contributed by atoms with van der Waals surface area (Å²) < 4.78 is 0. The van der Waals surface area contributed by atoms with Gasteiger partial charge in [0.1, 0.15) is 0 Å². The van der Waals surface area contributed by atoms with Gasteiger partial charge in [0.2, 0.25) is 0 Å². The summed E-state index contributed by atoms with van der Waals surface area (Å²) in [4.78, 5) is 27.6. The van der Waals surface area contributed by atoms with Gasteiger partial charge >= 0.3 is 5.69 Å². The van der Waals surface area contributed by atoms with Crippen LogP contribution >= 0.6 is 0 Å². The molecule has 3 aromatic rings. The lowest BCUT2D eigenvalue weighted by molar-refractivity contribution is -0.384. The van der Waals surface area contributed by atoms with Crippen LogP contribution in [0.1, 0.15) is 0 Å². The van der Waals surface area contributed by atoms with Crippen LogP contribution in [0.3, 0.4) is 0 Å². The summed E-state index contributed by atoms with van der Waals surface area (Å²) in [5, 5.41) is 11.4. The average Bonchev–Trinajstić information content (AvgIpc) is 2.47. The Hall–Kier alpha value is -3.02. The monoisotopic (exact) mass is 267 g/mol. The van der Waals surface area contributed by atoms with Gasteiger partial charge in [-0.1, -0.05) is 6.07 Å². The number of hydrogen-bond donors (Lipinski definition) is 1. The molecular weight excluding hydrogens is 258 g/mol. The molecule has 1 heterocycles. The fourth-order valence-electron chi connectivity index (χ4n) is 2.01. The topological polar surface area (TPSA) is 88.9 Å². The highest BCUT2D eigenvalue weighted by Crippen LogP contribution is 2.24. The number of aromatic amines is 1. The van der Waals surface area contributed by atoms with E-state index < -0.39 is 4.92 Å². The van der Waals surface area contributed by atoms with Gasteiger partial charge in [-0.2, -0.15) is 0 Å². The molecule has 1 N–H and O–H groups in total. The maximum Gasteiger partial charge on any atom is 0.345 e. The number of fused-ring (bicyclic) bond motifs is 1. The highest BCUT2D eigenvalue weighted by atomic mass is 16.6. The van der Waals surface area contributed by atoms with E-state index in [1.165, 1.54) is 18.3 Å². The number of benzene rings is 2. The van der Waals surface area contributed by atoms with Crippen LogP contribution in [0, 0.1) is 10.1 Å². The molecule has 0 spiro atoms. The lowest BCUT2D eigenvalue weighted by Crippen LogP contribution is -2.08. The van der Waals surface area contributed by atoms with E-state index in [2.05, 4.69) is 9.97 Å². The molecule has 1 aromatic heterocycles. The van der Waals surface area contributed by atoms with E-state index in [0.717, 1.165) is 16.5 Å². The Kier molecular flexibility index (Phi) is 2.76. The molecule has 0 aliphatic rings. The predicted octanol–water partition coefficient (Wildman–Crippen LogP) is 2.50. The van der Waals surface area contributed by atoms with E-state index in [-0.39, 0.29) is 11.4 Å². The third-order valence-electron chi connectivity index (χ3n) is 3.03. The number of H-pyrrole nitrogens is 1. The molecule has 0 saturated carbocycles. The van der Waals surface area contributed by atoms with Gasteiger partial charge in [-0.25, -0.2) is 9.78 Å². The summed E-state index contributed by atoms with van der Waals surface area (Å²) in [7, 11) is 0. The Balaban J connectivity index is 2.07. The van der Waals surface area contributed by atoms with E-state index >= 15 is 0 Å². The number of nitrogens with zero attached hydrogens (tertiary/aromatic N) is 2. The first-order chi connectivity index (χ1) is 9.63. The van der Waals surface area contributed by atoms with Crippen LogP contribution in [0.5, 0.6) is 0 Å². The normalized spacial score (nSPS) is 10.6. The molecule has 0 aliphatic carbocycles. The van der Waals surface area contributed by atoms with Crippen molar-refractivity contribution in [2.24, 2.45) is 0 Å². The van der Waals surface area contributed by atoms with E-state index in [4.69, 9.17) is 0 Å². The smallest absolute Gasteiger partial charge is 0.305 e. The molecule has 0 bridgehead atoms. The van der Waals surface area contributed by atoms with Crippen LogP contribution in [-0.2, 0) is 0 Å². The average molecular weight is 267 g/mol. The second kappa shape index (κ2) is 4.58. The maximum atomic E-state index is 11.1. The molecule has 98 valence electrons. The molecule has 6 nitrogen and oxygen atoms in total. The van der Waals surface area contributed by atoms with Gasteiger partial charge in [0.15, 0.2) is 0 Å². The molecule has 3 rings (SSSR count). The lowest BCUT2D eigenvalue weighted by atomic mass is 10.0. The first-order valence-electron chi connectivity index (χ1n) is 5.87. The molecular formula is C14H9N3O3. The van der Waals surface area contributed by atoms with Gasteiger partial charge in [-0.3, -0.25) is 10.1 Å². The predicted molar refractivity (Wildman–Crippen MR) is 74.5 cm³/mol. The number of hydrogen-bond acceptors (Lipinski definition) is 4. The molecule has 2 aromatic carbocycles. The Morgan fingerprint density at radius 3 is 2.45 bits per heavy atom. The highest BCUT2D eigenvalue weighted by Gasteiger charge is 2.06. The fourth-order valence-corrected chi connectivity index (χ4v) is 2.01. The standard InChI is InChI=1S/C14H9N3O3/c18-14-15-8-11-7-10(3-6-13(11)16-14)9-1-4-12(5-2-9)17(19)20/h1-8H,(H,15,16,18). The second-order valence-corrected chi connectivity index (χ2v) is 4.29. The van der Waals surface area contributed by atoms with Crippen LogP contribution in [0.2, 0.25) is 0 Å². The zero-order chi connectivity index (χ0) is 14.1. The van der Waals surface area contributed by atoms with Crippen molar-refractivity contribution in [3.8, 4) is 11.1 Å².